The fraction of sp³-hybridized carbons (Fsp3) is 0.333. The highest BCUT2D eigenvalue weighted by Gasteiger charge is 2.31. The van der Waals surface area contributed by atoms with Crippen molar-refractivity contribution in [2.24, 2.45) is 0 Å². The fourth-order valence-corrected chi connectivity index (χ4v) is 4.00. The van der Waals surface area contributed by atoms with Crippen LogP contribution in [0.3, 0.4) is 0 Å². The molecule has 2 amide bonds. The predicted molar refractivity (Wildman–Crippen MR) is 149 cm³/mol. The van der Waals surface area contributed by atoms with E-state index in [-0.39, 0.29) is 31.0 Å². The lowest BCUT2D eigenvalue weighted by Crippen LogP contribution is -2.53. The van der Waals surface area contributed by atoms with E-state index in [0.717, 1.165) is 17.5 Å². The second-order valence-electron chi connectivity index (χ2n) is 9.01. The lowest BCUT2D eigenvalue weighted by molar-refractivity contribution is -0.143. The Morgan fingerprint density at radius 2 is 1.50 bits per heavy atom. The second kappa shape index (κ2) is 14.3. The van der Waals surface area contributed by atoms with E-state index in [2.05, 4.69) is 5.32 Å². The molecule has 7 nitrogen and oxygen atoms in total. The van der Waals surface area contributed by atoms with Crippen molar-refractivity contribution in [2.45, 2.75) is 45.3 Å². The Balaban J connectivity index is 1.92. The topological polar surface area (TPSA) is 77.1 Å². The molecular formula is C30H35ClN2O5. The van der Waals surface area contributed by atoms with Crippen molar-refractivity contribution in [1.29, 1.82) is 0 Å². The van der Waals surface area contributed by atoms with Gasteiger partial charge in [0.2, 0.25) is 5.91 Å². The molecule has 0 aliphatic heterocycles. The number of carbonyl (C=O) groups is 2. The van der Waals surface area contributed by atoms with Crippen LogP contribution in [0.5, 0.6) is 17.2 Å². The number of amides is 2. The summed E-state index contributed by atoms with van der Waals surface area (Å²) in [6.45, 7) is 3.89. The van der Waals surface area contributed by atoms with Gasteiger partial charge in [0.1, 0.15) is 23.3 Å². The quantitative estimate of drug-likeness (QED) is 0.320. The average Bonchev–Trinajstić information content (AvgIpc) is 2.94. The van der Waals surface area contributed by atoms with Crippen molar-refractivity contribution >= 4 is 23.4 Å². The predicted octanol–water partition coefficient (Wildman–Crippen LogP) is 5.29. The minimum atomic E-state index is -0.752. The molecule has 0 fully saturated rings. The molecule has 0 spiro atoms. The third-order valence-electron chi connectivity index (χ3n) is 6.23. The van der Waals surface area contributed by atoms with Crippen LogP contribution in [-0.4, -0.2) is 49.6 Å². The van der Waals surface area contributed by atoms with Gasteiger partial charge in [0.25, 0.3) is 5.91 Å². The van der Waals surface area contributed by atoms with Gasteiger partial charge < -0.3 is 24.4 Å². The molecule has 0 radical (unpaired) electrons. The summed E-state index contributed by atoms with van der Waals surface area (Å²) in [6.07, 6.45) is 1.13. The van der Waals surface area contributed by atoms with E-state index in [1.165, 1.54) is 0 Å². The van der Waals surface area contributed by atoms with Crippen molar-refractivity contribution in [1.82, 2.24) is 10.2 Å². The zero-order chi connectivity index (χ0) is 27.5. The van der Waals surface area contributed by atoms with Gasteiger partial charge in [-0.3, -0.25) is 9.59 Å². The Bertz CT molecular complexity index is 1160. The number of carbonyl (C=O) groups excluding carboxylic acids is 2. The summed E-state index contributed by atoms with van der Waals surface area (Å²) in [7, 11) is 3.09. The molecule has 202 valence electrons. The van der Waals surface area contributed by atoms with Crippen LogP contribution in [0.15, 0.2) is 72.8 Å². The first-order valence-corrected chi connectivity index (χ1v) is 12.9. The molecule has 0 saturated carbocycles. The SMILES string of the molecule is CC[C@@H](C)NC(=O)[C@H](Cc1ccccc1)N(Cc1ccc(Cl)cc1)C(=O)COc1cc(OC)cc(OC)c1. The molecule has 1 N–H and O–H groups in total. The molecule has 0 saturated heterocycles. The summed E-state index contributed by atoms with van der Waals surface area (Å²) in [5.41, 5.74) is 1.80. The highest BCUT2D eigenvalue weighted by atomic mass is 35.5. The Morgan fingerprint density at radius 1 is 0.895 bits per heavy atom. The molecule has 0 unspecified atom stereocenters. The van der Waals surface area contributed by atoms with Crippen LogP contribution in [0.2, 0.25) is 5.02 Å². The van der Waals surface area contributed by atoms with Crippen LogP contribution >= 0.6 is 11.6 Å². The molecule has 0 aliphatic carbocycles. The number of nitrogens with one attached hydrogen (secondary N) is 1. The molecule has 3 rings (SSSR count). The fourth-order valence-electron chi connectivity index (χ4n) is 3.87. The Labute approximate surface area is 229 Å². The summed E-state index contributed by atoms with van der Waals surface area (Å²) in [4.78, 5) is 28.8. The van der Waals surface area contributed by atoms with Gasteiger partial charge in [-0.25, -0.2) is 0 Å². The van der Waals surface area contributed by atoms with Crippen molar-refractivity contribution in [2.75, 3.05) is 20.8 Å². The Hall–Kier alpha value is -3.71. The van der Waals surface area contributed by atoms with Crippen LogP contribution < -0.4 is 19.5 Å². The van der Waals surface area contributed by atoms with Crippen LogP contribution in [0.25, 0.3) is 0 Å². The van der Waals surface area contributed by atoms with E-state index in [1.54, 1.807) is 49.5 Å². The van der Waals surface area contributed by atoms with Crippen molar-refractivity contribution in [3.63, 3.8) is 0 Å². The van der Waals surface area contributed by atoms with Crippen molar-refractivity contribution in [3.8, 4) is 17.2 Å². The van der Waals surface area contributed by atoms with Gasteiger partial charge in [-0.05, 0) is 36.6 Å². The van der Waals surface area contributed by atoms with Gasteiger partial charge >= 0.3 is 0 Å². The number of hydrogen-bond acceptors (Lipinski definition) is 5. The van der Waals surface area contributed by atoms with Gasteiger partial charge in [0.15, 0.2) is 6.61 Å². The summed E-state index contributed by atoms with van der Waals surface area (Å²) in [5.74, 6) is 0.958. The molecule has 0 aliphatic rings. The van der Waals surface area contributed by atoms with Crippen LogP contribution in [0.1, 0.15) is 31.4 Å². The summed E-state index contributed by atoms with van der Waals surface area (Å²) in [6, 6.07) is 21.2. The van der Waals surface area contributed by atoms with E-state index in [4.69, 9.17) is 25.8 Å². The van der Waals surface area contributed by atoms with Crippen LogP contribution in [0.4, 0.5) is 0 Å². The maximum atomic E-state index is 13.7. The highest BCUT2D eigenvalue weighted by molar-refractivity contribution is 6.30. The minimum Gasteiger partial charge on any atom is -0.496 e. The van der Waals surface area contributed by atoms with Gasteiger partial charge in [-0.15, -0.1) is 0 Å². The molecule has 0 aromatic heterocycles. The Morgan fingerprint density at radius 3 is 2.08 bits per heavy atom. The van der Waals surface area contributed by atoms with E-state index < -0.39 is 6.04 Å². The van der Waals surface area contributed by atoms with Crippen LogP contribution in [-0.2, 0) is 22.6 Å². The van der Waals surface area contributed by atoms with E-state index in [9.17, 15) is 9.59 Å². The van der Waals surface area contributed by atoms with Gasteiger partial charge in [-0.2, -0.15) is 0 Å². The average molecular weight is 539 g/mol. The highest BCUT2D eigenvalue weighted by Crippen LogP contribution is 2.27. The number of methoxy groups -OCH3 is 2. The molecular weight excluding hydrogens is 504 g/mol. The number of rotatable bonds is 13. The monoisotopic (exact) mass is 538 g/mol. The van der Waals surface area contributed by atoms with Crippen molar-refractivity contribution < 1.29 is 23.8 Å². The standard InChI is InChI=1S/C30H35ClN2O5/c1-5-21(2)32-30(35)28(15-22-9-7-6-8-10-22)33(19-23-11-13-24(31)14-12-23)29(34)20-38-27-17-25(36-3)16-26(18-27)37-4/h6-14,16-18,21,28H,5,15,19-20H2,1-4H3,(H,32,35)/t21-,28+/m1/s1. The lowest BCUT2D eigenvalue weighted by Gasteiger charge is -2.32. The first-order valence-electron chi connectivity index (χ1n) is 12.6. The number of ether oxygens (including phenoxy) is 3. The third kappa shape index (κ3) is 8.42. The molecule has 8 heteroatoms. The van der Waals surface area contributed by atoms with E-state index >= 15 is 0 Å². The summed E-state index contributed by atoms with van der Waals surface area (Å²) < 4.78 is 16.5. The maximum absolute atomic E-state index is 13.7. The number of nitrogens with zero attached hydrogens (tertiary/aromatic N) is 1. The van der Waals surface area contributed by atoms with Crippen LogP contribution in [0, 0.1) is 0 Å². The summed E-state index contributed by atoms with van der Waals surface area (Å²) in [5, 5.41) is 3.65. The molecule has 3 aromatic rings. The van der Waals surface area contributed by atoms with E-state index in [1.807, 2.05) is 56.3 Å². The smallest absolute Gasteiger partial charge is 0.261 e. The lowest BCUT2D eigenvalue weighted by atomic mass is 10.0. The zero-order valence-electron chi connectivity index (χ0n) is 22.3. The zero-order valence-corrected chi connectivity index (χ0v) is 23.0. The molecule has 3 aromatic carbocycles. The van der Waals surface area contributed by atoms with Gasteiger partial charge in [0.05, 0.1) is 14.2 Å². The van der Waals surface area contributed by atoms with E-state index in [0.29, 0.717) is 28.7 Å². The first-order chi connectivity index (χ1) is 18.3. The molecule has 0 heterocycles. The number of hydrogen-bond donors (Lipinski definition) is 1. The molecule has 38 heavy (non-hydrogen) atoms. The Kier molecular flexibility index (Phi) is 10.8. The minimum absolute atomic E-state index is 0.0336. The number of benzene rings is 3. The van der Waals surface area contributed by atoms with Gasteiger partial charge in [0, 0.05) is 42.2 Å². The van der Waals surface area contributed by atoms with Crippen molar-refractivity contribution in [3.05, 3.63) is 88.9 Å². The normalized spacial score (nSPS) is 12.2. The first kappa shape index (κ1) is 28.9. The number of halogens is 1. The maximum Gasteiger partial charge on any atom is 0.261 e. The summed E-state index contributed by atoms with van der Waals surface area (Å²) >= 11 is 6.09. The second-order valence-corrected chi connectivity index (χ2v) is 9.44. The largest absolute Gasteiger partial charge is 0.496 e. The third-order valence-corrected chi connectivity index (χ3v) is 6.48. The molecule has 0 bridgehead atoms. The van der Waals surface area contributed by atoms with Gasteiger partial charge in [-0.1, -0.05) is 61.0 Å². The molecule has 2 atom stereocenters.